The molecule has 2 aromatic carbocycles. The summed E-state index contributed by atoms with van der Waals surface area (Å²) in [6.45, 7) is 8.19. The molecule has 0 aliphatic carbocycles. The van der Waals surface area contributed by atoms with E-state index in [0.717, 1.165) is 24.5 Å². The molecule has 0 aromatic heterocycles. The zero-order chi connectivity index (χ0) is 21.2. The predicted octanol–water partition coefficient (Wildman–Crippen LogP) is 3.77. The van der Waals surface area contributed by atoms with E-state index in [9.17, 15) is 14.0 Å². The third-order valence-corrected chi connectivity index (χ3v) is 4.91. The highest BCUT2D eigenvalue weighted by molar-refractivity contribution is 5.92. The van der Waals surface area contributed by atoms with Gasteiger partial charge >= 0.3 is 0 Å². The number of rotatable bonds is 10. The van der Waals surface area contributed by atoms with Crippen LogP contribution in [0.4, 0.5) is 15.8 Å². The van der Waals surface area contributed by atoms with Gasteiger partial charge in [-0.25, -0.2) is 4.39 Å². The van der Waals surface area contributed by atoms with Gasteiger partial charge in [-0.3, -0.25) is 9.59 Å². The van der Waals surface area contributed by atoms with Crippen molar-refractivity contribution in [2.24, 2.45) is 0 Å². The molecule has 29 heavy (non-hydrogen) atoms. The van der Waals surface area contributed by atoms with Crippen LogP contribution in [0.5, 0.6) is 0 Å². The van der Waals surface area contributed by atoms with Crippen molar-refractivity contribution in [3.63, 3.8) is 0 Å². The van der Waals surface area contributed by atoms with Gasteiger partial charge in [0.05, 0.1) is 0 Å². The summed E-state index contributed by atoms with van der Waals surface area (Å²) in [5.74, 6) is -0.537. The lowest BCUT2D eigenvalue weighted by Crippen LogP contribution is -2.34. The minimum Gasteiger partial charge on any atom is -0.372 e. The van der Waals surface area contributed by atoms with Crippen LogP contribution in [-0.4, -0.2) is 38.0 Å². The Balaban J connectivity index is 1.88. The van der Waals surface area contributed by atoms with Gasteiger partial charge in [0.1, 0.15) is 5.82 Å². The lowest BCUT2D eigenvalue weighted by Gasteiger charge is -2.24. The summed E-state index contributed by atoms with van der Waals surface area (Å²) in [5.41, 5.74) is 2.45. The maximum Gasteiger partial charge on any atom is 0.223 e. The number of hydrogen-bond acceptors (Lipinski definition) is 3. The van der Waals surface area contributed by atoms with Crippen molar-refractivity contribution in [1.82, 2.24) is 5.32 Å². The van der Waals surface area contributed by atoms with E-state index in [2.05, 4.69) is 24.1 Å². The fourth-order valence-corrected chi connectivity index (χ4v) is 3.24. The van der Waals surface area contributed by atoms with Crippen molar-refractivity contribution in [1.29, 1.82) is 0 Å². The van der Waals surface area contributed by atoms with Crippen molar-refractivity contribution in [2.45, 2.75) is 33.6 Å². The summed E-state index contributed by atoms with van der Waals surface area (Å²) < 4.78 is 13.6. The molecular weight excluding hydrogens is 369 g/mol. The third kappa shape index (κ3) is 6.59. The molecule has 0 spiro atoms. The Morgan fingerprint density at radius 3 is 2.17 bits per heavy atom. The molecule has 2 aromatic rings. The number of nitrogens with zero attached hydrogens (tertiary/aromatic N) is 2. The normalized spacial score (nSPS) is 10.5. The second-order valence-electron chi connectivity index (χ2n) is 6.80. The van der Waals surface area contributed by atoms with Gasteiger partial charge in [-0.05, 0) is 56.2 Å². The fourth-order valence-electron chi connectivity index (χ4n) is 3.24. The first-order chi connectivity index (χ1) is 14.0. The number of carbonyl (C=O) groups excluding carboxylic acids is 2. The number of anilines is 2. The number of nitrogens with one attached hydrogen (secondary N) is 1. The van der Waals surface area contributed by atoms with Crippen molar-refractivity contribution >= 4 is 23.2 Å². The summed E-state index contributed by atoms with van der Waals surface area (Å²) >= 11 is 0. The van der Waals surface area contributed by atoms with E-state index in [0.29, 0.717) is 25.1 Å². The lowest BCUT2D eigenvalue weighted by atomic mass is 10.1. The zero-order valence-corrected chi connectivity index (χ0v) is 17.5. The lowest BCUT2D eigenvalue weighted by molar-refractivity contribution is -0.121. The molecule has 0 saturated carbocycles. The van der Waals surface area contributed by atoms with Gasteiger partial charge in [-0.2, -0.15) is 0 Å². The van der Waals surface area contributed by atoms with Crippen LogP contribution in [0.25, 0.3) is 0 Å². The highest BCUT2D eigenvalue weighted by Gasteiger charge is 2.14. The molecule has 6 heteroatoms. The molecule has 1 N–H and O–H groups in total. The Bertz CT molecular complexity index is 804. The molecule has 0 fully saturated rings. The second kappa shape index (κ2) is 11.2. The van der Waals surface area contributed by atoms with Crippen LogP contribution in [0.1, 0.15) is 32.8 Å². The molecule has 2 rings (SSSR count). The van der Waals surface area contributed by atoms with E-state index in [4.69, 9.17) is 0 Å². The molecule has 0 unspecified atom stereocenters. The Kier molecular flexibility index (Phi) is 8.65. The molecule has 5 nitrogen and oxygen atoms in total. The van der Waals surface area contributed by atoms with Crippen LogP contribution in [0.3, 0.4) is 0 Å². The highest BCUT2D eigenvalue weighted by atomic mass is 19.1. The van der Waals surface area contributed by atoms with Crippen LogP contribution >= 0.6 is 0 Å². The van der Waals surface area contributed by atoms with Gasteiger partial charge in [0.25, 0.3) is 0 Å². The van der Waals surface area contributed by atoms with Crippen LogP contribution < -0.4 is 15.1 Å². The van der Waals surface area contributed by atoms with Crippen molar-refractivity contribution in [3.05, 3.63) is 59.9 Å². The standard InChI is InChI=1S/C23H30FN3O2/c1-4-26(5-2)20-10-12-21(13-11-20)27(18(3)28)17-15-23(29)25-16-14-19-8-6-7-9-22(19)24/h6-13H,4-5,14-17H2,1-3H3,(H,25,29). The van der Waals surface area contributed by atoms with E-state index in [1.807, 2.05) is 24.3 Å². The summed E-state index contributed by atoms with van der Waals surface area (Å²) in [6, 6.07) is 14.3. The molecule has 0 bridgehead atoms. The number of hydrogen-bond donors (Lipinski definition) is 1. The van der Waals surface area contributed by atoms with Crippen LogP contribution in [0.15, 0.2) is 48.5 Å². The Morgan fingerprint density at radius 1 is 0.966 bits per heavy atom. The first-order valence-corrected chi connectivity index (χ1v) is 10.1. The van der Waals surface area contributed by atoms with Crippen molar-refractivity contribution < 1.29 is 14.0 Å². The fraction of sp³-hybridized carbons (Fsp3) is 0.391. The highest BCUT2D eigenvalue weighted by Crippen LogP contribution is 2.21. The Labute approximate surface area is 172 Å². The summed E-state index contributed by atoms with van der Waals surface area (Å²) in [4.78, 5) is 28.0. The van der Waals surface area contributed by atoms with Crippen LogP contribution in [-0.2, 0) is 16.0 Å². The van der Waals surface area contributed by atoms with E-state index in [1.54, 1.807) is 23.1 Å². The number of halogens is 1. The molecule has 0 aliphatic heterocycles. The van der Waals surface area contributed by atoms with Crippen LogP contribution in [0.2, 0.25) is 0 Å². The molecule has 0 aliphatic rings. The first-order valence-electron chi connectivity index (χ1n) is 10.1. The number of amides is 2. The monoisotopic (exact) mass is 399 g/mol. The minimum atomic E-state index is -0.266. The van der Waals surface area contributed by atoms with E-state index in [1.165, 1.54) is 13.0 Å². The Hall–Kier alpha value is -2.89. The van der Waals surface area contributed by atoms with Gasteiger partial charge in [0.2, 0.25) is 11.8 Å². The van der Waals surface area contributed by atoms with E-state index >= 15 is 0 Å². The molecular formula is C23H30FN3O2. The summed E-state index contributed by atoms with van der Waals surface area (Å²) in [7, 11) is 0. The smallest absolute Gasteiger partial charge is 0.223 e. The third-order valence-electron chi connectivity index (χ3n) is 4.91. The topological polar surface area (TPSA) is 52.6 Å². The van der Waals surface area contributed by atoms with Crippen LogP contribution in [0, 0.1) is 5.82 Å². The largest absolute Gasteiger partial charge is 0.372 e. The zero-order valence-electron chi connectivity index (χ0n) is 17.5. The average Bonchev–Trinajstić information content (AvgIpc) is 2.71. The number of carbonyl (C=O) groups is 2. The molecule has 0 radical (unpaired) electrons. The quantitative estimate of drug-likeness (QED) is 0.662. The maximum absolute atomic E-state index is 13.6. The first kappa shape index (κ1) is 22.4. The summed E-state index contributed by atoms with van der Waals surface area (Å²) in [6.07, 6.45) is 0.621. The minimum absolute atomic E-state index is 0.111. The van der Waals surface area contributed by atoms with Crippen molar-refractivity contribution in [3.8, 4) is 0 Å². The predicted molar refractivity (Wildman–Crippen MR) is 116 cm³/mol. The maximum atomic E-state index is 13.6. The van der Waals surface area contributed by atoms with E-state index in [-0.39, 0.29) is 24.1 Å². The Morgan fingerprint density at radius 2 is 1.59 bits per heavy atom. The summed E-state index contributed by atoms with van der Waals surface area (Å²) in [5, 5.41) is 2.79. The number of benzene rings is 2. The molecule has 156 valence electrons. The molecule has 0 heterocycles. The SMILES string of the molecule is CCN(CC)c1ccc(N(CCC(=O)NCCc2ccccc2F)C(C)=O)cc1. The van der Waals surface area contributed by atoms with Gasteiger partial charge in [0, 0.05) is 50.9 Å². The van der Waals surface area contributed by atoms with Gasteiger partial charge < -0.3 is 15.1 Å². The molecule has 0 saturated heterocycles. The van der Waals surface area contributed by atoms with E-state index < -0.39 is 0 Å². The molecule has 2 amide bonds. The second-order valence-corrected chi connectivity index (χ2v) is 6.80. The van der Waals surface area contributed by atoms with Gasteiger partial charge in [-0.1, -0.05) is 18.2 Å². The van der Waals surface area contributed by atoms with Gasteiger partial charge in [-0.15, -0.1) is 0 Å². The van der Waals surface area contributed by atoms with Crippen molar-refractivity contribution in [2.75, 3.05) is 36.0 Å². The average molecular weight is 400 g/mol. The van der Waals surface area contributed by atoms with Gasteiger partial charge in [0.15, 0.2) is 0 Å². The molecule has 0 atom stereocenters.